The monoisotopic (exact) mass is 280 g/mol. The third-order valence-corrected chi connectivity index (χ3v) is 2.75. The van der Waals surface area contributed by atoms with Crippen LogP contribution in [0, 0.1) is 0 Å². The molecule has 1 aromatic rings. The van der Waals surface area contributed by atoms with Crippen molar-refractivity contribution in [1.29, 1.82) is 0 Å². The van der Waals surface area contributed by atoms with Crippen LogP contribution in [-0.2, 0) is 0 Å². The molecule has 2 unspecified atom stereocenters. The molecule has 5 heteroatoms. The van der Waals surface area contributed by atoms with Crippen LogP contribution >= 0.6 is 0 Å². The van der Waals surface area contributed by atoms with E-state index in [2.05, 4.69) is 10.6 Å². The lowest BCUT2D eigenvalue weighted by Crippen LogP contribution is -2.43. The second-order valence-corrected chi connectivity index (χ2v) is 5.16. The van der Waals surface area contributed by atoms with E-state index >= 15 is 0 Å². The van der Waals surface area contributed by atoms with Crippen LogP contribution in [0.2, 0.25) is 0 Å². The van der Waals surface area contributed by atoms with Crippen molar-refractivity contribution in [3.8, 4) is 5.75 Å². The predicted octanol–water partition coefficient (Wildman–Crippen LogP) is 2.21. The van der Waals surface area contributed by atoms with E-state index in [1.54, 1.807) is 6.92 Å². The lowest BCUT2D eigenvalue weighted by molar-refractivity contribution is 0.218. The van der Waals surface area contributed by atoms with Gasteiger partial charge in [0.1, 0.15) is 5.75 Å². The standard InChI is InChI=1S/C15H24N2O3/c1-10(2)20-14-7-5-13(6-8-14)12(4)17-15(19)16-11(3)9-18/h5-8,10-12,18H,9H2,1-4H3,(H2,16,17,19). The van der Waals surface area contributed by atoms with Gasteiger partial charge in [0.05, 0.1) is 24.8 Å². The van der Waals surface area contributed by atoms with Gasteiger partial charge in [-0.25, -0.2) is 4.79 Å². The molecule has 0 bridgehead atoms. The van der Waals surface area contributed by atoms with E-state index in [1.807, 2.05) is 45.0 Å². The molecule has 0 aliphatic rings. The van der Waals surface area contributed by atoms with Gasteiger partial charge in [-0.1, -0.05) is 12.1 Å². The Morgan fingerprint density at radius 3 is 2.25 bits per heavy atom. The van der Waals surface area contributed by atoms with Crippen LogP contribution in [0.3, 0.4) is 0 Å². The van der Waals surface area contributed by atoms with Crippen LogP contribution in [0.25, 0.3) is 0 Å². The molecule has 112 valence electrons. The Bertz CT molecular complexity index is 418. The first-order valence-electron chi connectivity index (χ1n) is 6.87. The van der Waals surface area contributed by atoms with Crippen molar-refractivity contribution >= 4 is 6.03 Å². The third-order valence-electron chi connectivity index (χ3n) is 2.75. The number of hydrogen-bond donors (Lipinski definition) is 3. The Kier molecular flexibility index (Phi) is 6.31. The fourth-order valence-electron chi connectivity index (χ4n) is 1.70. The maximum Gasteiger partial charge on any atom is 0.315 e. The van der Waals surface area contributed by atoms with Gasteiger partial charge in [0.2, 0.25) is 0 Å². The summed E-state index contributed by atoms with van der Waals surface area (Å²) < 4.78 is 5.57. The highest BCUT2D eigenvalue weighted by molar-refractivity contribution is 5.74. The minimum absolute atomic E-state index is 0.0803. The molecule has 3 N–H and O–H groups in total. The average Bonchev–Trinajstić information content (AvgIpc) is 2.38. The van der Waals surface area contributed by atoms with Gasteiger partial charge in [-0.3, -0.25) is 0 Å². The first-order valence-corrected chi connectivity index (χ1v) is 6.87. The Morgan fingerprint density at radius 1 is 1.15 bits per heavy atom. The minimum Gasteiger partial charge on any atom is -0.491 e. The van der Waals surface area contributed by atoms with Crippen LogP contribution < -0.4 is 15.4 Å². The quantitative estimate of drug-likeness (QED) is 0.748. The van der Waals surface area contributed by atoms with E-state index in [9.17, 15) is 4.79 Å². The number of rotatable bonds is 6. The second-order valence-electron chi connectivity index (χ2n) is 5.16. The number of hydrogen-bond acceptors (Lipinski definition) is 3. The van der Waals surface area contributed by atoms with Gasteiger partial charge in [0, 0.05) is 0 Å². The normalized spacial score (nSPS) is 13.7. The molecule has 1 aromatic carbocycles. The maximum absolute atomic E-state index is 11.7. The number of benzene rings is 1. The van der Waals surface area contributed by atoms with E-state index in [-0.39, 0.29) is 30.8 Å². The van der Waals surface area contributed by atoms with Gasteiger partial charge >= 0.3 is 6.03 Å². The Hall–Kier alpha value is -1.75. The molecule has 2 amide bonds. The number of ether oxygens (including phenoxy) is 1. The lowest BCUT2D eigenvalue weighted by atomic mass is 10.1. The van der Waals surface area contributed by atoms with E-state index < -0.39 is 0 Å². The van der Waals surface area contributed by atoms with Crippen LogP contribution in [-0.4, -0.2) is 29.9 Å². The van der Waals surface area contributed by atoms with Crippen LogP contribution in [0.1, 0.15) is 39.3 Å². The molecule has 0 heterocycles. The van der Waals surface area contributed by atoms with E-state index in [4.69, 9.17) is 9.84 Å². The molecule has 0 spiro atoms. The number of amides is 2. The van der Waals surface area contributed by atoms with E-state index in [0.717, 1.165) is 11.3 Å². The summed E-state index contributed by atoms with van der Waals surface area (Å²) in [5, 5.41) is 14.3. The molecule has 0 aromatic heterocycles. The molecule has 0 radical (unpaired) electrons. The van der Waals surface area contributed by atoms with Crippen LogP contribution in [0.5, 0.6) is 5.75 Å². The third kappa shape index (κ3) is 5.48. The topological polar surface area (TPSA) is 70.6 Å². The fourth-order valence-corrected chi connectivity index (χ4v) is 1.70. The Balaban J connectivity index is 2.54. The van der Waals surface area contributed by atoms with E-state index in [1.165, 1.54) is 0 Å². The van der Waals surface area contributed by atoms with Gasteiger partial charge in [-0.2, -0.15) is 0 Å². The van der Waals surface area contributed by atoms with Gasteiger partial charge < -0.3 is 20.5 Å². The number of aliphatic hydroxyl groups is 1. The number of carbonyl (C=O) groups excluding carboxylic acids is 1. The summed E-state index contributed by atoms with van der Waals surface area (Å²) in [5.74, 6) is 0.814. The molecule has 20 heavy (non-hydrogen) atoms. The molecule has 0 saturated carbocycles. The first kappa shape index (κ1) is 16.3. The second kappa shape index (κ2) is 7.75. The number of urea groups is 1. The smallest absolute Gasteiger partial charge is 0.315 e. The molecule has 0 saturated heterocycles. The maximum atomic E-state index is 11.7. The van der Waals surface area contributed by atoms with Crippen molar-refractivity contribution in [3.05, 3.63) is 29.8 Å². The van der Waals surface area contributed by atoms with Crippen molar-refractivity contribution < 1.29 is 14.6 Å². The summed E-state index contributed by atoms with van der Waals surface area (Å²) in [6.07, 6.45) is 0.141. The molecular weight excluding hydrogens is 256 g/mol. The summed E-state index contributed by atoms with van der Waals surface area (Å²) in [6.45, 7) is 7.52. The Morgan fingerprint density at radius 2 is 1.75 bits per heavy atom. The zero-order valence-electron chi connectivity index (χ0n) is 12.5. The van der Waals surface area contributed by atoms with Crippen LogP contribution in [0.4, 0.5) is 4.79 Å². The van der Waals surface area contributed by atoms with Gasteiger partial charge in [0.25, 0.3) is 0 Å². The molecule has 5 nitrogen and oxygen atoms in total. The largest absolute Gasteiger partial charge is 0.491 e. The molecule has 0 fully saturated rings. The lowest BCUT2D eigenvalue weighted by Gasteiger charge is -2.18. The zero-order chi connectivity index (χ0) is 15.1. The SMILES string of the molecule is CC(CO)NC(=O)NC(C)c1ccc(OC(C)C)cc1. The molecule has 0 aliphatic heterocycles. The van der Waals surface area contributed by atoms with Crippen molar-refractivity contribution in [2.45, 2.75) is 45.9 Å². The Labute approximate surface area is 120 Å². The van der Waals surface area contributed by atoms with Gasteiger partial charge in [0.15, 0.2) is 0 Å². The summed E-state index contributed by atoms with van der Waals surface area (Å²) in [4.78, 5) is 11.7. The first-order chi connectivity index (χ1) is 9.42. The van der Waals surface area contributed by atoms with Crippen molar-refractivity contribution in [3.63, 3.8) is 0 Å². The summed E-state index contributed by atoms with van der Waals surface area (Å²) in [7, 11) is 0. The summed E-state index contributed by atoms with van der Waals surface area (Å²) >= 11 is 0. The summed E-state index contributed by atoms with van der Waals surface area (Å²) in [6, 6.07) is 6.97. The molecule has 2 atom stereocenters. The summed E-state index contributed by atoms with van der Waals surface area (Å²) in [5.41, 5.74) is 0.993. The van der Waals surface area contributed by atoms with E-state index in [0.29, 0.717) is 0 Å². The van der Waals surface area contributed by atoms with Gasteiger partial charge in [-0.05, 0) is 45.4 Å². The van der Waals surface area contributed by atoms with Crippen molar-refractivity contribution in [2.24, 2.45) is 0 Å². The van der Waals surface area contributed by atoms with Crippen molar-refractivity contribution in [1.82, 2.24) is 10.6 Å². The van der Waals surface area contributed by atoms with Crippen LogP contribution in [0.15, 0.2) is 24.3 Å². The number of aliphatic hydroxyl groups excluding tert-OH is 1. The van der Waals surface area contributed by atoms with Gasteiger partial charge in [-0.15, -0.1) is 0 Å². The zero-order valence-corrected chi connectivity index (χ0v) is 12.5. The minimum atomic E-state index is -0.290. The predicted molar refractivity (Wildman–Crippen MR) is 78.8 cm³/mol. The highest BCUT2D eigenvalue weighted by atomic mass is 16.5. The van der Waals surface area contributed by atoms with Crippen molar-refractivity contribution in [2.75, 3.05) is 6.61 Å². The average molecular weight is 280 g/mol. The number of carbonyl (C=O) groups is 1. The number of nitrogens with one attached hydrogen (secondary N) is 2. The highest BCUT2D eigenvalue weighted by Gasteiger charge is 2.11. The molecule has 1 rings (SSSR count). The molecule has 0 aliphatic carbocycles. The fraction of sp³-hybridized carbons (Fsp3) is 0.533. The molecular formula is C15H24N2O3. The highest BCUT2D eigenvalue weighted by Crippen LogP contribution is 2.18.